The number of nitrogens with zero attached hydrogens (tertiary/aromatic N) is 3. The van der Waals surface area contributed by atoms with Crippen molar-refractivity contribution in [2.24, 2.45) is 28.3 Å². The molecule has 0 radical (unpaired) electrons. The zero-order valence-corrected chi connectivity index (χ0v) is 19.3. The Labute approximate surface area is 185 Å². The van der Waals surface area contributed by atoms with Crippen LogP contribution in [0.3, 0.4) is 0 Å². The Morgan fingerprint density at radius 2 is 2.00 bits per heavy atom. The number of azide groups is 1. The molecule has 0 N–H and O–H groups in total. The highest BCUT2D eigenvalue weighted by atomic mass is 16.7. The summed E-state index contributed by atoms with van der Waals surface area (Å²) < 4.78 is 23.9. The summed E-state index contributed by atoms with van der Waals surface area (Å²) in [6, 6.07) is 7.59. The highest BCUT2D eigenvalue weighted by Crippen LogP contribution is 2.65. The maximum absolute atomic E-state index is 9.11. The first kappa shape index (κ1) is 22.5. The van der Waals surface area contributed by atoms with Crippen LogP contribution in [0.4, 0.5) is 0 Å². The molecule has 1 aromatic rings. The van der Waals surface area contributed by atoms with Gasteiger partial charge in [-0.25, -0.2) is 0 Å². The van der Waals surface area contributed by atoms with Crippen LogP contribution in [0, 0.1) is 23.2 Å². The van der Waals surface area contributed by atoms with Crippen LogP contribution in [0.2, 0.25) is 6.32 Å². The smallest absolute Gasteiger partial charge is 0.458 e. The Bertz CT molecular complexity index is 829. The zero-order valence-electron chi connectivity index (χ0n) is 19.3. The molecule has 7 nitrogen and oxygen atoms in total. The topological polar surface area (TPSA) is 85.7 Å². The van der Waals surface area contributed by atoms with E-state index in [1.165, 1.54) is 6.42 Å². The largest absolute Gasteiger partial charge is 0.497 e. The van der Waals surface area contributed by atoms with Gasteiger partial charge >= 0.3 is 7.12 Å². The molecule has 5 rings (SSSR count). The summed E-state index contributed by atoms with van der Waals surface area (Å²) in [6.45, 7) is 9.98. The van der Waals surface area contributed by atoms with Gasteiger partial charge in [0.15, 0.2) is 0 Å². The van der Waals surface area contributed by atoms with Gasteiger partial charge in [0.1, 0.15) is 5.75 Å². The van der Waals surface area contributed by atoms with E-state index >= 15 is 0 Å². The van der Waals surface area contributed by atoms with Crippen molar-refractivity contribution in [2.45, 2.75) is 71.2 Å². The Morgan fingerprint density at radius 1 is 1.26 bits per heavy atom. The van der Waals surface area contributed by atoms with E-state index in [2.05, 4.69) is 37.7 Å². The molecule has 31 heavy (non-hydrogen) atoms. The maximum atomic E-state index is 9.11. The second-order valence-electron chi connectivity index (χ2n) is 10.2. The second-order valence-corrected chi connectivity index (χ2v) is 10.2. The van der Waals surface area contributed by atoms with Gasteiger partial charge in [0.2, 0.25) is 0 Å². The van der Waals surface area contributed by atoms with Crippen LogP contribution in [0.1, 0.15) is 46.1 Å². The van der Waals surface area contributed by atoms with Gasteiger partial charge in [0, 0.05) is 17.6 Å². The second kappa shape index (κ2) is 8.66. The summed E-state index contributed by atoms with van der Waals surface area (Å²) in [5.41, 5.74) is 10.3. The lowest BCUT2D eigenvalue weighted by atomic mass is 9.43. The molecule has 1 heterocycles. The van der Waals surface area contributed by atoms with Crippen molar-refractivity contribution in [3.8, 4) is 5.75 Å². The average Bonchev–Trinajstić information content (AvgIpc) is 3.09. The van der Waals surface area contributed by atoms with Gasteiger partial charge in [0.05, 0.1) is 25.4 Å². The molecular weight excluding hydrogens is 393 g/mol. The van der Waals surface area contributed by atoms with E-state index in [1.807, 2.05) is 24.3 Å². The molecule has 2 bridgehead atoms. The van der Waals surface area contributed by atoms with Crippen molar-refractivity contribution < 1.29 is 18.8 Å². The molecule has 168 valence electrons. The Hall–Kier alpha value is -1.73. The molecule has 0 spiro atoms. The van der Waals surface area contributed by atoms with E-state index in [-0.39, 0.29) is 30.8 Å². The minimum Gasteiger partial charge on any atom is -0.497 e. The minimum absolute atomic E-state index is 0.0573. The third kappa shape index (κ3) is 4.19. The number of benzene rings is 1. The summed E-state index contributed by atoms with van der Waals surface area (Å²) in [5, 5.41) is 4.06. The lowest BCUT2D eigenvalue weighted by molar-refractivity contribution is -0.199. The molecule has 1 aliphatic heterocycles. The molecule has 3 aliphatic carbocycles. The number of hydrogen-bond donors (Lipinski definition) is 0. The molecule has 0 aromatic heterocycles. The van der Waals surface area contributed by atoms with Crippen molar-refractivity contribution in [3.63, 3.8) is 0 Å². The van der Waals surface area contributed by atoms with Crippen LogP contribution in [0.5, 0.6) is 5.75 Å². The van der Waals surface area contributed by atoms with Gasteiger partial charge in [-0.2, -0.15) is 0 Å². The number of ether oxygens (including phenoxy) is 2. The minimum atomic E-state index is -0.329. The fraction of sp³-hybridized carbons (Fsp3) is 0.739. The molecule has 1 saturated heterocycles. The van der Waals surface area contributed by atoms with Gasteiger partial charge in [-0.1, -0.05) is 38.0 Å². The standard InChI is InChI=1S/C23H34BN3O4/c1-15(13-29-14-16-6-8-18(28-5)9-7-16)19(26-27-25)12-24-30-21-11-17-10-20(22(17,2)3)23(21,4)31-24/h6-9,15,17,19-21H,10-14H2,1-5H3/t15-,17-,19+,20-,21+,23-/m1/s1. The van der Waals surface area contributed by atoms with Crippen LogP contribution in [0.15, 0.2) is 29.4 Å². The summed E-state index contributed by atoms with van der Waals surface area (Å²) in [4.78, 5) is 3.08. The van der Waals surface area contributed by atoms with E-state index in [4.69, 9.17) is 24.3 Å². The first-order chi connectivity index (χ1) is 14.8. The molecule has 6 atom stereocenters. The van der Waals surface area contributed by atoms with Crippen molar-refractivity contribution in [1.29, 1.82) is 0 Å². The van der Waals surface area contributed by atoms with Crippen LogP contribution in [-0.4, -0.2) is 38.6 Å². The van der Waals surface area contributed by atoms with Crippen LogP contribution in [0.25, 0.3) is 10.4 Å². The number of hydrogen-bond acceptors (Lipinski definition) is 5. The van der Waals surface area contributed by atoms with Crippen molar-refractivity contribution in [1.82, 2.24) is 0 Å². The van der Waals surface area contributed by atoms with E-state index in [0.29, 0.717) is 30.9 Å². The Kier molecular flexibility index (Phi) is 6.28. The van der Waals surface area contributed by atoms with Gasteiger partial charge in [-0.05, 0) is 72.5 Å². The third-order valence-corrected chi connectivity index (χ3v) is 8.10. The summed E-state index contributed by atoms with van der Waals surface area (Å²) in [6.07, 6.45) is 2.98. The summed E-state index contributed by atoms with van der Waals surface area (Å²) in [5.74, 6) is 2.13. The third-order valence-electron chi connectivity index (χ3n) is 8.10. The van der Waals surface area contributed by atoms with Crippen LogP contribution in [-0.2, 0) is 20.7 Å². The van der Waals surface area contributed by atoms with Crippen molar-refractivity contribution >= 4 is 7.12 Å². The summed E-state index contributed by atoms with van der Waals surface area (Å²) >= 11 is 0. The Balaban J connectivity index is 1.31. The van der Waals surface area contributed by atoms with Crippen LogP contribution >= 0.6 is 0 Å². The number of rotatable bonds is 9. The van der Waals surface area contributed by atoms with E-state index in [9.17, 15) is 0 Å². The van der Waals surface area contributed by atoms with E-state index in [0.717, 1.165) is 23.7 Å². The first-order valence-corrected chi connectivity index (χ1v) is 11.4. The van der Waals surface area contributed by atoms with E-state index in [1.54, 1.807) is 7.11 Å². The molecule has 4 aliphatic rings. The highest BCUT2D eigenvalue weighted by molar-refractivity contribution is 6.45. The highest BCUT2D eigenvalue weighted by Gasteiger charge is 2.67. The Morgan fingerprint density at radius 3 is 2.65 bits per heavy atom. The van der Waals surface area contributed by atoms with Gasteiger partial charge < -0.3 is 18.8 Å². The molecule has 4 fully saturated rings. The van der Waals surface area contributed by atoms with Crippen molar-refractivity contribution in [3.05, 3.63) is 40.3 Å². The SMILES string of the molecule is COc1ccc(COC[C@@H](C)[C@H](CB2O[C@H]3C[C@H]4C[C@H](C4(C)C)[C@@]3(C)O2)N=[N+]=[N-])cc1. The fourth-order valence-corrected chi connectivity index (χ4v) is 5.90. The number of methoxy groups -OCH3 is 1. The van der Waals surface area contributed by atoms with Crippen LogP contribution < -0.4 is 4.74 Å². The van der Waals surface area contributed by atoms with Gasteiger partial charge in [-0.15, -0.1) is 0 Å². The molecule has 0 amide bonds. The normalized spacial score (nSPS) is 32.4. The quantitative estimate of drug-likeness (QED) is 0.233. The molecule has 8 heteroatoms. The monoisotopic (exact) mass is 427 g/mol. The first-order valence-electron chi connectivity index (χ1n) is 11.4. The lowest BCUT2D eigenvalue weighted by Gasteiger charge is -2.64. The average molecular weight is 427 g/mol. The molecule has 3 saturated carbocycles. The van der Waals surface area contributed by atoms with Crippen molar-refractivity contribution in [2.75, 3.05) is 13.7 Å². The molecular formula is C23H34BN3O4. The lowest BCUT2D eigenvalue weighted by Crippen LogP contribution is -2.65. The van der Waals surface area contributed by atoms with Gasteiger partial charge in [-0.3, -0.25) is 0 Å². The zero-order chi connectivity index (χ0) is 22.2. The predicted molar refractivity (Wildman–Crippen MR) is 120 cm³/mol. The molecule has 0 unspecified atom stereocenters. The van der Waals surface area contributed by atoms with Gasteiger partial charge in [0.25, 0.3) is 0 Å². The predicted octanol–water partition coefficient (Wildman–Crippen LogP) is 5.26. The molecule has 1 aromatic carbocycles. The maximum Gasteiger partial charge on any atom is 0.458 e. The summed E-state index contributed by atoms with van der Waals surface area (Å²) in [7, 11) is 1.32. The van der Waals surface area contributed by atoms with E-state index < -0.39 is 0 Å². The fourth-order valence-electron chi connectivity index (χ4n) is 5.90.